The van der Waals surface area contributed by atoms with Crippen molar-refractivity contribution in [1.29, 1.82) is 0 Å². The molecule has 0 bridgehead atoms. The van der Waals surface area contributed by atoms with Crippen LogP contribution in [0.2, 0.25) is 0 Å². The molecule has 0 radical (unpaired) electrons. The number of nitrogens with zero attached hydrogens (tertiary/aromatic N) is 3. The molecule has 1 N–H and O–H groups in total. The number of hydrogen-bond acceptors (Lipinski definition) is 3. The van der Waals surface area contributed by atoms with Gasteiger partial charge in [-0.15, -0.1) is 5.10 Å². The first-order valence-corrected chi connectivity index (χ1v) is 4.60. The second-order valence-electron chi connectivity index (χ2n) is 3.36. The van der Waals surface area contributed by atoms with Crippen molar-refractivity contribution in [3.05, 3.63) is 24.5 Å². The number of nitrogens with one attached hydrogen (secondary N) is 1. The molecule has 86 valence electrons. The van der Waals surface area contributed by atoms with Crippen LogP contribution in [0.3, 0.4) is 0 Å². The van der Waals surface area contributed by atoms with Crippen molar-refractivity contribution in [2.45, 2.75) is 19.1 Å². The quantitative estimate of drug-likeness (QED) is 0.858. The van der Waals surface area contributed by atoms with Crippen LogP contribution >= 0.6 is 0 Å². The van der Waals surface area contributed by atoms with Crippen LogP contribution in [0.4, 0.5) is 19.0 Å². The molecule has 16 heavy (non-hydrogen) atoms. The first-order chi connectivity index (χ1) is 7.47. The maximum Gasteiger partial charge on any atom is 0.408 e. The van der Waals surface area contributed by atoms with E-state index in [4.69, 9.17) is 0 Å². The molecule has 0 aliphatic rings. The van der Waals surface area contributed by atoms with Gasteiger partial charge in [-0.3, -0.25) is 0 Å². The van der Waals surface area contributed by atoms with Crippen LogP contribution in [0.1, 0.15) is 6.92 Å². The minimum atomic E-state index is -4.29. The van der Waals surface area contributed by atoms with Gasteiger partial charge in [0.05, 0.1) is 0 Å². The van der Waals surface area contributed by atoms with E-state index in [2.05, 4.69) is 15.4 Å². The Balaban J connectivity index is 2.22. The number of anilines is 1. The molecule has 0 aliphatic carbocycles. The third-order valence-corrected chi connectivity index (χ3v) is 2.09. The van der Waals surface area contributed by atoms with Gasteiger partial charge in [0.15, 0.2) is 11.5 Å². The van der Waals surface area contributed by atoms with E-state index >= 15 is 0 Å². The fraction of sp³-hybridized carbons (Fsp3) is 0.333. The van der Waals surface area contributed by atoms with E-state index in [1.165, 1.54) is 10.6 Å². The second kappa shape index (κ2) is 3.66. The topological polar surface area (TPSA) is 42.2 Å². The fourth-order valence-electron chi connectivity index (χ4n) is 1.20. The first kappa shape index (κ1) is 10.7. The minimum Gasteiger partial charge on any atom is -0.357 e. The standard InChI is InChI=1S/C9H9F3N4/c1-6(9(10,11)12)14-7-5-8-13-3-2-4-16(8)15-7/h2-6H,1H3,(H,14,15). The summed E-state index contributed by atoms with van der Waals surface area (Å²) in [5.41, 5.74) is 0.499. The Morgan fingerprint density at radius 3 is 2.81 bits per heavy atom. The Kier molecular flexibility index (Phi) is 2.45. The molecular weight excluding hydrogens is 221 g/mol. The van der Waals surface area contributed by atoms with Crippen LogP contribution in [0.5, 0.6) is 0 Å². The highest BCUT2D eigenvalue weighted by Gasteiger charge is 2.36. The number of fused-ring (bicyclic) bond motifs is 1. The zero-order valence-electron chi connectivity index (χ0n) is 8.36. The SMILES string of the molecule is CC(Nc1cc2ncccn2n1)C(F)(F)F. The summed E-state index contributed by atoms with van der Waals surface area (Å²) in [6.45, 7) is 1.04. The Morgan fingerprint density at radius 1 is 1.44 bits per heavy atom. The summed E-state index contributed by atoms with van der Waals surface area (Å²) >= 11 is 0. The van der Waals surface area contributed by atoms with Gasteiger partial charge < -0.3 is 5.32 Å². The maximum absolute atomic E-state index is 12.3. The molecule has 2 aromatic heterocycles. The molecule has 4 nitrogen and oxygen atoms in total. The average molecular weight is 230 g/mol. The number of halogens is 3. The highest BCUT2D eigenvalue weighted by Crippen LogP contribution is 2.22. The van der Waals surface area contributed by atoms with Gasteiger partial charge in [0.1, 0.15) is 6.04 Å². The summed E-state index contributed by atoms with van der Waals surface area (Å²) < 4.78 is 38.2. The first-order valence-electron chi connectivity index (χ1n) is 4.60. The number of aromatic nitrogens is 3. The van der Waals surface area contributed by atoms with Gasteiger partial charge in [-0.1, -0.05) is 0 Å². The molecule has 1 unspecified atom stereocenters. The van der Waals surface area contributed by atoms with Crippen LogP contribution in [-0.4, -0.2) is 26.8 Å². The zero-order chi connectivity index (χ0) is 11.8. The summed E-state index contributed by atoms with van der Waals surface area (Å²) in [4.78, 5) is 3.95. The van der Waals surface area contributed by atoms with Gasteiger partial charge in [-0.05, 0) is 13.0 Å². The summed E-state index contributed by atoms with van der Waals surface area (Å²) in [5.74, 6) is 0.156. The van der Waals surface area contributed by atoms with Crippen molar-refractivity contribution in [1.82, 2.24) is 14.6 Å². The van der Waals surface area contributed by atoms with Gasteiger partial charge in [-0.2, -0.15) is 13.2 Å². The number of hydrogen-bond donors (Lipinski definition) is 1. The van der Waals surface area contributed by atoms with Crippen LogP contribution in [0, 0.1) is 0 Å². The molecular formula is C9H9F3N4. The second-order valence-corrected chi connectivity index (χ2v) is 3.36. The van der Waals surface area contributed by atoms with Gasteiger partial charge in [0.2, 0.25) is 0 Å². The molecule has 0 aromatic carbocycles. The lowest BCUT2D eigenvalue weighted by molar-refractivity contribution is -0.138. The third kappa shape index (κ3) is 2.07. The van der Waals surface area contributed by atoms with Crippen molar-refractivity contribution in [3.8, 4) is 0 Å². The third-order valence-electron chi connectivity index (χ3n) is 2.09. The largest absolute Gasteiger partial charge is 0.408 e. The zero-order valence-corrected chi connectivity index (χ0v) is 8.36. The van der Waals surface area contributed by atoms with Gasteiger partial charge >= 0.3 is 6.18 Å². The Hall–Kier alpha value is -1.79. The molecule has 0 saturated heterocycles. The lowest BCUT2D eigenvalue weighted by Gasteiger charge is -2.16. The van der Waals surface area contributed by atoms with Gasteiger partial charge in [0, 0.05) is 18.5 Å². The number of rotatable bonds is 2. The van der Waals surface area contributed by atoms with Crippen LogP contribution in [-0.2, 0) is 0 Å². The molecule has 0 saturated carbocycles. The summed E-state index contributed by atoms with van der Waals surface area (Å²) in [6.07, 6.45) is -1.12. The summed E-state index contributed by atoms with van der Waals surface area (Å²) in [5, 5.41) is 6.18. The lowest BCUT2D eigenvalue weighted by atomic mass is 10.3. The molecule has 0 amide bonds. The molecule has 0 fully saturated rings. The molecule has 0 aliphatic heterocycles. The maximum atomic E-state index is 12.3. The average Bonchev–Trinajstić information content (AvgIpc) is 2.58. The Morgan fingerprint density at radius 2 is 2.19 bits per heavy atom. The molecule has 1 atom stereocenters. The van der Waals surface area contributed by atoms with E-state index in [0.717, 1.165) is 6.92 Å². The molecule has 2 aromatic rings. The van der Waals surface area contributed by atoms with E-state index in [0.29, 0.717) is 5.65 Å². The molecule has 7 heteroatoms. The van der Waals surface area contributed by atoms with Crippen LogP contribution < -0.4 is 5.32 Å². The predicted octanol–water partition coefficient (Wildman–Crippen LogP) is 2.09. The highest BCUT2D eigenvalue weighted by atomic mass is 19.4. The predicted molar refractivity (Wildman–Crippen MR) is 52.1 cm³/mol. The Labute approximate surface area is 89.1 Å². The molecule has 2 heterocycles. The summed E-state index contributed by atoms with van der Waals surface area (Å²) in [7, 11) is 0. The monoisotopic (exact) mass is 230 g/mol. The van der Waals surface area contributed by atoms with E-state index in [-0.39, 0.29) is 5.82 Å². The van der Waals surface area contributed by atoms with Crippen LogP contribution in [0.25, 0.3) is 5.65 Å². The van der Waals surface area contributed by atoms with Crippen LogP contribution in [0.15, 0.2) is 24.5 Å². The van der Waals surface area contributed by atoms with Gasteiger partial charge in [-0.25, -0.2) is 9.50 Å². The smallest absolute Gasteiger partial charge is 0.357 e. The summed E-state index contributed by atoms with van der Waals surface area (Å²) in [6, 6.07) is 1.47. The Bertz CT molecular complexity index is 458. The molecule has 0 spiro atoms. The van der Waals surface area contributed by atoms with Crippen molar-refractivity contribution in [2.75, 3.05) is 5.32 Å². The highest BCUT2D eigenvalue weighted by molar-refractivity contribution is 5.50. The molecule has 2 rings (SSSR count). The van der Waals surface area contributed by atoms with E-state index < -0.39 is 12.2 Å². The van der Waals surface area contributed by atoms with Crippen molar-refractivity contribution in [3.63, 3.8) is 0 Å². The van der Waals surface area contributed by atoms with Crippen molar-refractivity contribution < 1.29 is 13.2 Å². The van der Waals surface area contributed by atoms with E-state index in [1.54, 1.807) is 18.5 Å². The van der Waals surface area contributed by atoms with Gasteiger partial charge in [0.25, 0.3) is 0 Å². The van der Waals surface area contributed by atoms with Crippen molar-refractivity contribution in [2.24, 2.45) is 0 Å². The fourth-order valence-corrected chi connectivity index (χ4v) is 1.20. The lowest BCUT2D eigenvalue weighted by Crippen LogP contribution is -2.33. The van der Waals surface area contributed by atoms with E-state index in [1.807, 2.05) is 0 Å². The minimum absolute atomic E-state index is 0.156. The number of alkyl halides is 3. The van der Waals surface area contributed by atoms with E-state index in [9.17, 15) is 13.2 Å². The van der Waals surface area contributed by atoms with Crippen molar-refractivity contribution >= 4 is 11.5 Å². The normalized spacial score (nSPS) is 14.0.